The SMILES string of the molecule is CCc1ccc([C@@H]2C[C@H](c3ccc(OCc4ccccc4)cc3)n3nc(N)nc3N2)cc1. The maximum atomic E-state index is 5.95. The summed E-state index contributed by atoms with van der Waals surface area (Å²) in [6.07, 6.45) is 1.88. The summed E-state index contributed by atoms with van der Waals surface area (Å²) in [4.78, 5) is 4.41. The van der Waals surface area contributed by atoms with Crippen LogP contribution in [0.5, 0.6) is 5.75 Å². The Bertz CT molecular complexity index is 1170. The molecule has 0 unspecified atom stereocenters. The highest BCUT2D eigenvalue weighted by Gasteiger charge is 2.30. The average Bonchev–Trinajstić information content (AvgIpc) is 3.23. The fourth-order valence-electron chi connectivity index (χ4n) is 4.20. The van der Waals surface area contributed by atoms with Crippen LogP contribution in [0.15, 0.2) is 78.9 Å². The number of anilines is 2. The molecule has 2 atom stereocenters. The van der Waals surface area contributed by atoms with Crippen LogP contribution in [0.3, 0.4) is 0 Å². The smallest absolute Gasteiger partial charge is 0.241 e. The van der Waals surface area contributed by atoms with Crippen molar-refractivity contribution in [3.63, 3.8) is 0 Å². The maximum Gasteiger partial charge on any atom is 0.241 e. The fraction of sp³-hybridized carbons (Fsp3) is 0.231. The van der Waals surface area contributed by atoms with Gasteiger partial charge in [-0.1, -0.05) is 73.7 Å². The first kappa shape index (κ1) is 20.1. The van der Waals surface area contributed by atoms with Gasteiger partial charge in [0.2, 0.25) is 11.9 Å². The van der Waals surface area contributed by atoms with E-state index in [-0.39, 0.29) is 18.0 Å². The summed E-state index contributed by atoms with van der Waals surface area (Å²) in [7, 11) is 0. The summed E-state index contributed by atoms with van der Waals surface area (Å²) in [5.41, 5.74) is 10.8. The zero-order valence-corrected chi connectivity index (χ0v) is 18.1. The first-order valence-corrected chi connectivity index (χ1v) is 11.0. The number of hydrogen-bond acceptors (Lipinski definition) is 5. The van der Waals surface area contributed by atoms with Crippen LogP contribution in [0.4, 0.5) is 11.9 Å². The molecule has 1 aliphatic heterocycles. The number of nitrogens with zero attached hydrogens (tertiary/aromatic N) is 3. The molecule has 0 bridgehead atoms. The van der Waals surface area contributed by atoms with Crippen molar-refractivity contribution in [1.29, 1.82) is 0 Å². The summed E-state index contributed by atoms with van der Waals surface area (Å²) < 4.78 is 7.85. The van der Waals surface area contributed by atoms with E-state index in [2.05, 4.69) is 70.9 Å². The Morgan fingerprint density at radius 2 is 1.66 bits per heavy atom. The lowest BCUT2D eigenvalue weighted by Crippen LogP contribution is -2.28. The highest BCUT2D eigenvalue weighted by atomic mass is 16.5. The van der Waals surface area contributed by atoms with Gasteiger partial charge in [0.15, 0.2) is 0 Å². The molecule has 0 fully saturated rings. The van der Waals surface area contributed by atoms with Gasteiger partial charge >= 0.3 is 0 Å². The molecule has 1 aliphatic rings. The molecule has 4 aromatic rings. The fourth-order valence-corrected chi connectivity index (χ4v) is 4.20. The second-order valence-corrected chi connectivity index (χ2v) is 8.13. The van der Waals surface area contributed by atoms with Crippen LogP contribution in [0.25, 0.3) is 0 Å². The van der Waals surface area contributed by atoms with Gasteiger partial charge in [-0.25, -0.2) is 4.68 Å². The number of ether oxygens (including phenoxy) is 1. The van der Waals surface area contributed by atoms with Crippen LogP contribution < -0.4 is 15.8 Å². The predicted octanol–water partition coefficient (Wildman–Crippen LogP) is 5.15. The number of aromatic nitrogens is 3. The predicted molar refractivity (Wildman–Crippen MR) is 127 cm³/mol. The van der Waals surface area contributed by atoms with Crippen LogP contribution in [0, 0.1) is 0 Å². The number of rotatable bonds is 6. The molecule has 162 valence electrons. The lowest BCUT2D eigenvalue weighted by atomic mass is 9.93. The molecule has 0 saturated carbocycles. The van der Waals surface area contributed by atoms with Gasteiger partial charge < -0.3 is 15.8 Å². The van der Waals surface area contributed by atoms with Crippen LogP contribution in [0.1, 0.15) is 47.7 Å². The van der Waals surface area contributed by atoms with E-state index in [9.17, 15) is 0 Å². The van der Waals surface area contributed by atoms with Gasteiger partial charge in [-0.3, -0.25) is 0 Å². The normalized spacial score (nSPS) is 17.4. The second kappa shape index (κ2) is 8.75. The molecule has 0 amide bonds. The Labute approximate surface area is 188 Å². The summed E-state index contributed by atoms with van der Waals surface area (Å²) in [6.45, 7) is 2.72. The summed E-state index contributed by atoms with van der Waals surface area (Å²) in [6, 6.07) is 27.4. The number of nitrogen functional groups attached to an aromatic ring is 1. The van der Waals surface area contributed by atoms with Crippen molar-refractivity contribution < 1.29 is 4.74 Å². The van der Waals surface area contributed by atoms with Crippen LogP contribution in [-0.2, 0) is 13.0 Å². The van der Waals surface area contributed by atoms with E-state index in [0.717, 1.165) is 29.7 Å². The Balaban J connectivity index is 1.37. The molecule has 3 N–H and O–H groups in total. The van der Waals surface area contributed by atoms with Gasteiger partial charge in [0.1, 0.15) is 12.4 Å². The van der Waals surface area contributed by atoms with Gasteiger partial charge in [-0.2, -0.15) is 4.98 Å². The minimum Gasteiger partial charge on any atom is -0.489 e. The quantitative estimate of drug-likeness (QED) is 0.447. The molecule has 3 aromatic carbocycles. The van der Waals surface area contributed by atoms with Crippen molar-refractivity contribution in [3.8, 4) is 5.75 Å². The molecule has 0 saturated heterocycles. The van der Waals surface area contributed by atoms with Crippen molar-refractivity contribution in [1.82, 2.24) is 14.8 Å². The Morgan fingerprint density at radius 3 is 2.38 bits per heavy atom. The standard InChI is InChI=1S/C26H27N5O/c1-2-18-8-10-20(11-9-18)23-16-24(31-26(28-23)29-25(27)30-31)21-12-14-22(15-13-21)32-17-19-6-4-3-5-7-19/h3-15,23-24H,2,16-17H2,1H3,(H3,27,28,29,30)/t23-,24+/m0/s1. The third-order valence-electron chi connectivity index (χ3n) is 6.01. The largest absolute Gasteiger partial charge is 0.489 e. The van der Waals surface area contributed by atoms with Crippen LogP contribution in [0.2, 0.25) is 0 Å². The molecule has 0 spiro atoms. The summed E-state index contributed by atoms with van der Waals surface area (Å²) >= 11 is 0. The lowest BCUT2D eigenvalue weighted by Gasteiger charge is -2.31. The topological polar surface area (TPSA) is 78.0 Å². The van der Waals surface area contributed by atoms with Crippen LogP contribution in [-0.4, -0.2) is 14.8 Å². The third kappa shape index (κ3) is 4.17. The summed E-state index contributed by atoms with van der Waals surface area (Å²) in [5, 5.41) is 7.96. The molecule has 32 heavy (non-hydrogen) atoms. The van der Waals surface area contributed by atoms with E-state index in [0.29, 0.717) is 12.6 Å². The average molecular weight is 426 g/mol. The number of benzene rings is 3. The highest BCUT2D eigenvalue weighted by molar-refractivity contribution is 5.42. The van der Waals surface area contributed by atoms with E-state index in [1.54, 1.807) is 0 Å². The van der Waals surface area contributed by atoms with Crippen molar-refractivity contribution in [2.24, 2.45) is 0 Å². The molecule has 1 aromatic heterocycles. The molecule has 2 heterocycles. The highest BCUT2D eigenvalue weighted by Crippen LogP contribution is 2.38. The van der Waals surface area contributed by atoms with Gasteiger partial charge in [-0.15, -0.1) is 5.10 Å². The molecule has 5 rings (SSSR count). The number of hydrogen-bond donors (Lipinski definition) is 2. The van der Waals surface area contributed by atoms with Gasteiger partial charge in [0, 0.05) is 0 Å². The van der Waals surface area contributed by atoms with Gasteiger partial charge in [0.05, 0.1) is 12.1 Å². The Kier molecular flexibility index (Phi) is 5.50. The molecular formula is C26H27N5O. The van der Waals surface area contributed by atoms with Crippen molar-refractivity contribution >= 4 is 11.9 Å². The molecular weight excluding hydrogens is 398 g/mol. The molecule has 0 radical (unpaired) electrons. The van der Waals surface area contributed by atoms with Crippen LogP contribution >= 0.6 is 0 Å². The van der Waals surface area contributed by atoms with E-state index in [4.69, 9.17) is 10.5 Å². The zero-order valence-electron chi connectivity index (χ0n) is 18.1. The Hall–Kier alpha value is -3.80. The number of nitrogens with two attached hydrogens (primary N) is 1. The molecule has 6 nitrogen and oxygen atoms in total. The van der Waals surface area contributed by atoms with Gasteiger partial charge in [-0.05, 0) is 47.2 Å². The van der Waals surface area contributed by atoms with E-state index < -0.39 is 0 Å². The van der Waals surface area contributed by atoms with Gasteiger partial charge in [0.25, 0.3) is 0 Å². The zero-order chi connectivity index (χ0) is 21.9. The molecule has 0 aliphatic carbocycles. The number of nitrogens with one attached hydrogen (secondary N) is 1. The number of aryl methyl sites for hydroxylation is 1. The summed E-state index contributed by atoms with van der Waals surface area (Å²) in [5.74, 6) is 1.83. The van der Waals surface area contributed by atoms with Crippen molar-refractivity contribution in [2.75, 3.05) is 11.1 Å². The Morgan fingerprint density at radius 1 is 0.938 bits per heavy atom. The maximum absolute atomic E-state index is 5.95. The lowest BCUT2D eigenvalue weighted by molar-refractivity contribution is 0.306. The van der Waals surface area contributed by atoms with E-state index in [1.807, 2.05) is 35.0 Å². The number of fused-ring (bicyclic) bond motifs is 1. The second-order valence-electron chi connectivity index (χ2n) is 8.13. The van der Waals surface area contributed by atoms with Crippen molar-refractivity contribution in [3.05, 3.63) is 101 Å². The monoisotopic (exact) mass is 425 g/mol. The minimum absolute atomic E-state index is 0.0371. The minimum atomic E-state index is 0.0371. The van der Waals surface area contributed by atoms with E-state index in [1.165, 1.54) is 11.1 Å². The van der Waals surface area contributed by atoms with E-state index >= 15 is 0 Å². The molecule has 6 heteroatoms. The third-order valence-corrected chi connectivity index (χ3v) is 6.01. The first-order chi connectivity index (χ1) is 15.7. The van der Waals surface area contributed by atoms with Crippen molar-refractivity contribution in [2.45, 2.75) is 38.5 Å². The first-order valence-electron chi connectivity index (χ1n) is 11.0.